The van der Waals surface area contributed by atoms with E-state index in [1.807, 2.05) is 32.6 Å². The summed E-state index contributed by atoms with van der Waals surface area (Å²) in [5.74, 6) is 1.09. The average Bonchev–Trinajstić information content (AvgIpc) is 2.98. The van der Waals surface area contributed by atoms with E-state index in [4.69, 9.17) is 0 Å². The number of amides is 1. The van der Waals surface area contributed by atoms with Crippen molar-refractivity contribution in [2.45, 2.75) is 53.0 Å². The van der Waals surface area contributed by atoms with E-state index in [9.17, 15) is 13.2 Å². The van der Waals surface area contributed by atoms with Crippen LogP contribution in [0.15, 0.2) is 4.99 Å². The van der Waals surface area contributed by atoms with Gasteiger partial charge in [0, 0.05) is 44.9 Å². The van der Waals surface area contributed by atoms with E-state index >= 15 is 0 Å². The maximum atomic E-state index is 11.8. The number of likely N-dealkylation sites (tertiary alicyclic amines) is 1. The highest BCUT2D eigenvalue weighted by Crippen LogP contribution is 2.21. The number of nitrogens with one attached hydrogen (secondary N) is 2. The van der Waals surface area contributed by atoms with Gasteiger partial charge in [-0.25, -0.2) is 8.42 Å². The van der Waals surface area contributed by atoms with Crippen molar-refractivity contribution < 1.29 is 13.2 Å². The van der Waals surface area contributed by atoms with Gasteiger partial charge < -0.3 is 15.5 Å². The number of rotatable bonds is 8. The van der Waals surface area contributed by atoms with Crippen LogP contribution in [0, 0.1) is 5.41 Å². The monoisotopic (exact) mass is 502 g/mol. The minimum Gasteiger partial charge on any atom is -0.357 e. The topological polar surface area (TPSA) is 90.9 Å². The summed E-state index contributed by atoms with van der Waals surface area (Å²) in [7, 11) is -2.96. The third-order valence-corrected chi connectivity index (χ3v) is 5.29. The number of halogens is 1. The highest BCUT2D eigenvalue weighted by molar-refractivity contribution is 14.0. The molecule has 7 nitrogen and oxygen atoms in total. The molecule has 0 spiro atoms. The van der Waals surface area contributed by atoms with Crippen molar-refractivity contribution in [2.24, 2.45) is 10.4 Å². The molecule has 1 aliphatic rings. The van der Waals surface area contributed by atoms with Crippen LogP contribution in [0.1, 0.15) is 47.0 Å². The van der Waals surface area contributed by atoms with Crippen molar-refractivity contribution in [3.63, 3.8) is 0 Å². The quantitative estimate of drug-likeness (QED) is 0.299. The smallest absolute Gasteiger partial charge is 0.222 e. The standard InChI is InChI=1S/C17H34N4O3S.HI/c1-6-15(22)21-10-8-14(12-21)20-16(18-7-2)19-13-17(3,4)9-11-25(5,23)24;/h14H,6-13H2,1-5H3,(H2,18,19,20);1H. The van der Waals surface area contributed by atoms with Crippen LogP contribution in [0.3, 0.4) is 0 Å². The molecule has 0 saturated carbocycles. The van der Waals surface area contributed by atoms with Crippen LogP contribution in [-0.4, -0.2) is 69.4 Å². The number of carbonyl (C=O) groups is 1. The first-order valence-corrected chi connectivity index (χ1v) is 11.1. The van der Waals surface area contributed by atoms with Gasteiger partial charge in [-0.15, -0.1) is 24.0 Å². The van der Waals surface area contributed by atoms with Gasteiger partial charge in [0.1, 0.15) is 9.84 Å². The summed E-state index contributed by atoms with van der Waals surface area (Å²) >= 11 is 0. The minimum absolute atomic E-state index is 0. The fraction of sp³-hybridized carbons (Fsp3) is 0.882. The fourth-order valence-corrected chi connectivity index (χ4v) is 3.60. The fourth-order valence-electron chi connectivity index (χ4n) is 2.68. The first-order valence-electron chi connectivity index (χ1n) is 9.06. The van der Waals surface area contributed by atoms with Crippen molar-refractivity contribution in [1.29, 1.82) is 0 Å². The third kappa shape index (κ3) is 9.94. The summed E-state index contributed by atoms with van der Waals surface area (Å²) in [6, 6.07) is 0.201. The van der Waals surface area contributed by atoms with Crippen molar-refractivity contribution in [3.8, 4) is 0 Å². The minimum atomic E-state index is -2.96. The zero-order valence-electron chi connectivity index (χ0n) is 16.7. The largest absolute Gasteiger partial charge is 0.357 e. The Hall–Kier alpha value is -0.580. The SMILES string of the molecule is CCNC(=NCC(C)(C)CCS(C)(=O)=O)NC1CCN(C(=O)CC)C1.I. The molecule has 1 saturated heterocycles. The number of carbonyl (C=O) groups excluding carboxylic acids is 1. The van der Waals surface area contributed by atoms with Crippen LogP contribution in [0.5, 0.6) is 0 Å². The van der Waals surface area contributed by atoms with E-state index in [0.717, 1.165) is 25.5 Å². The van der Waals surface area contributed by atoms with Gasteiger partial charge in [-0.2, -0.15) is 0 Å². The molecule has 1 unspecified atom stereocenters. The summed E-state index contributed by atoms with van der Waals surface area (Å²) in [5.41, 5.74) is -0.189. The predicted molar refractivity (Wildman–Crippen MR) is 118 cm³/mol. The zero-order valence-corrected chi connectivity index (χ0v) is 19.8. The summed E-state index contributed by atoms with van der Waals surface area (Å²) < 4.78 is 22.7. The molecule has 1 amide bonds. The molecule has 0 aromatic rings. The Balaban J connectivity index is 0.00000625. The molecular weight excluding hydrogens is 467 g/mol. The number of hydrogen-bond donors (Lipinski definition) is 2. The third-order valence-electron chi connectivity index (χ3n) is 4.34. The Labute approximate surface area is 175 Å². The molecule has 1 heterocycles. The molecule has 0 bridgehead atoms. The van der Waals surface area contributed by atoms with Gasteiger partial charge in [0.05, 0.1) is 5.75 Å². The van der Waals surface area contributed by atoms with E-state index in [1.54, 1.807) is 0 Å². The van der Waals surface area contributed by atoms with Gasteiger partial charge >= 0.3 is 0 Å². The Morgan fingerprint density at radius 2 is 1.96 bits per heavy atom. The van der Waals surface area contributed by atoms with Gasteiger partial charge in [0.25, 0.3) is 0 Å². The van der Waals surface area contributed by atoms with Crippen molar-refractivity contribution >= 4 is 45.7 Å². The average molecular weight is 502 g/mol. The Kier molecular flexibility index (Phi) is 11.1. The molecule has 1 fully saturated rings. The molecule has 1 atom stereocenters. The number of guanidine groups is 1. The van der Waals surface area contributed by atoms with Crippen LogP contribution >= 0.6 is 24.0 Å². The number of nitrogens with zero attached hydrogens (tertiary/aromatic N) is 2. The molecule has 0 aliphatic carbocycles. The van der Waals surface area contributed by atoms with Crippen LogP contribution in [-0.2, 0) is 14.6 Å². The highest BCUT2D eigenvalue weighted by Gasteiger charge is 2.26. The van der Waals surface area contributed by atoms with Crippen LogP contribution in [0.2, 0.25) is 0 Å². The number of hydrogen-bond acceptors (Lipinski definition) is 4. The van der Waals surface area contributed by atoms with E-state index in [1.165, 1.54) is 6.26 Å². The van der Waals surface area contributed by atoms with Crippen LogP contribution in [0.25, 0.3) is 0 Å². The lowest BCUT2D eigenvalue weighted by Gasteiger charge is -2.24. The molecule has 0 aromatic carbocycles. The molecular formula is C17H35IN4O3S. The van der Waals surface area contributed by atoms with E-state index in [0.29, 0.717) is 25.9 Å². The summed E-state index contributed by atoms with van der Waals surface area (Å²) in [5, 5.41) is 6.63. The molecule has 2 N–H and O–H groups in total. The van der Waals surface area contributed by atoms with Gasteiger partial charge in [0.15, 0.2) is 5.96 Å². The zero-order chi connectivity index (χ0) is 19.1. The lowest BCUT2D eigenvalue weighted by molar-refractivity contribution is -0.129. The van der Waals surface area contributed by atoms with E-state index in [-0.39, 0.29) is 47.1 Å². The molecule has 1 rings (SSSR count). The summed E-state index contributed by atoms with van der Waals surface area (Å²) in [6.45, 7) is 10.7. The maximum Gasteiger partial charge on any atom is 0.222 e. The molecule has 154 valence electrons. The van der Waals surface area contributed by atoms with Gasteiger partial charge in [-0.3, -0.25) is 9.79 Å². The second kappa shape index (κ2) is 11.3. The lowest BCUT2D eigenvalue weighted by atomic mass is 9.90. The summed E-state index contributed by atoms with van der Waals surface area (Å²) in [6.07, 6.45) is 3.29. The van der Waals surface area contributed by atoms with Gasteiger partial charge in [-0.05, 0) is 25.2 Å². The predicted octanol–water partition coefficient (Wildman–Crippen LogP) is 1.63. The van der Waals surface area contributed by atoms with Crippen molar-refractivity contribution in [3.05, 3.63) is 0 Å². The Bertz CT molecular complexity index is 579. The normalized spacial score (nSPS) is 18.4. The molecule has 9 heteroatoms. The first-order chi connectivity index (χ1) is 11.6. The second-order valence-corrected chi connectivity index (χ2v) is 9.82. The summed E-state index contributed by atoms with van der Waals surface area (Å²) in [4.78, 5) is 18.3. The molecule has 1 aliphatic heterocycles. The molecule has 26 heavy (non-hydrogen) atoms. The maximum absolute atomic E-state index is 11.8. The second-order valence-electron chi connectivity index (χ2n) is 7.56. The first kappa shape index (κ1) is 25.4. The number of aliphatic imine (C=N–C) groups is 1. The van der Waals surface area contributed by atoms with Crippen LogP contribution < -0.4 is 10.6 Å². The van der Waals surface area contributed by atoms with Gasteiger partial charge in [-0.1, -0.05) is 20.8 Å². The lowest BCUT2D eigenvalue weighted by Crippen LogP contribution is -2.45. The number of sulfone groups is 1. The van der Waals surface area contributed by atoms with E-state index in [2.05, 4.69) is 15.6 Å². The Morgan fingerprint density at radius 1 is 1.31 bits per heavy atom. The van der Waals surface area contributed by atoms with E-state index < -0.39 is 9.84 Å². The van der Waals surface area contributed by atoms with Gasteiger partial charge in [0.2, 0.25) is 5.91 Å². The highest BCUT2D eigenvalue weighted by atomic mass is 127. The van der Waals surface area contributed by atoms with Crippen molar-refractivity contribution in [1.82, 2.24) is 15.5 Å². The molecule has 0 radical (unpaired) electrons. The Morgan fingerprint density at radius 3 is 2.50 bits per heavy atom. The van der Waals surface area contributed by atoms with Crippen LogP contribution in [0.4, 0.5) is 0 Å². The van der Waals surface area contributed by atoms with Crippen molar-refractivity contribution in [2.75, 3.05) is 38.2 Å². The molecule has 0 aromatic heterocycles.